The fraction of sp³-hybridized carbons (Fsp3) is 0.143. The van der Waals surface area contributed by atoms with Crippen LogP contribution in [0.25, 0.3) is 16.9 Å². The van der Waals surface area contributed by atoms with Crippen molar-refractivity contribution in [1.29, 1.82) is 0 Å². The van der Waals surface area contributed by atoms with Crippen molar-refractivity contribution in [3.05, 3.63) is 46.9 Å². The minimum atomic E-state index is 0.637. The lowest BCUT2D eigenvalue weighted by molar-refractivity contribution is 0.411. The van der Waals surface area contributed by atoms with Gasteiger partial charge in [0.05, 0.1) is 18.3 Å². The van der Waals surface area contributed by atoms with E-state index in [0.29, 0.717) is 4.77 Å². The Kier molecular flexibility index (Phi) is 2.83. The molecule has 0 saturated heterocycles. The van der Waals surface area contributed by atoms with E-state index in [1.54, 1.807) is 13.3 Å². The molecule has 5 heteroatoms. The van der Waals surface area contributed by atoms with Crippen molar-refractivity contribution in [2.75, 3.05) is 7.11 Å². The minimum absolute atomic E-state index is 0.637. The zero-order valence-corrected chi connectivity index (χ0v) is 11.5. The normalized spacial score (nSPS) is 10.8. The van der Waals surface area contributed by atoms with Gasteiger partial charge in [0, 0.05) is 6.20 Å². The molecule has 0 radical (unpaired) electrons. The van der Waals surface area contributed by atoms with Gasteiger partial charge in [0.1, 0.15) is 5.75 Å². The quantitative estimate of drug-likeness (QED) is 0.726. The van der Waals surface area contributed by atoms with Crippen LogP contribution in [0, 0.1) is 11.7 Å². The second-order valence-corrected chi connectivity index (χ2v) is 4.68. The molecule has 0 saturated carbocycles. The van der Waals surface area contributed by atoms with Crippen LogP contribution in [-0.2, 0) is 0 Å². The number of fused-ring (bicyclic) bond motifs is 1. The van der Waals surface area contributed by atoms with Gasteiger partial charge in [-0.25, -0.2) is 4.98 Å². The van der Waals surface area contributed by atoms with Crippen LogP contribution in [0.3, 0.4) is 0 Å². The predicted molar refractivity (Wildman–Crippen MR) is 77.5 cm³/mol. The summed E-state index contributed by atoms with van der Waals surface area (Å²) in [5.41, 5.74) is 3.80. The Labute approximate surface area is 115 Å². The van der Waals surface area contributed by atoms with Gasteiger partial charge in [-0.05, 0) is 55.0 Å². The third kappa shape index (κ3) is 1.92. The van der Waals surface area contributed by atoms with Gasteiger partial charge in [-0.15, -0.1) is 0 Å². The van der Waals surface area contributed by atoms with E-state index < -0.39 is 0 Å². The molecule has 0 aliphatic heterocycles. The number of nitrogens with one attached hydrogen (secondary N) is 1. The van der Waals surface area contributed by atoms with Gasteiger partial charge in [0.25, 0.3) is 0 Å². The van der Waals surface area contributed by atoms with Crippen molar-refractivity contribution in [2.24, 2.45) is 0 Å². The number of H-pyrrole nitrogens is 1. The first-order valence-corrected chi connectivity index (χ1v) is 6.32. The average molecular weight is 271 g/mol. The van der Waals surface area contributed by atoms with Crippen molar-refractivity contribution in [2.45, 2.75) is 6.92 Å². The fourth-order valence-electron chi connectivity index (χ4n) is 2.18. The first-order chi connectivity index (χ1) is 9.20. The number of aromatic amines is 1. The first kappa shape index (κ1) is 11.9. The van der Waals surface area contributed by atoms with Gasteiger partial charge < -0.3 is 9.72 Å². The largest absolute Gasteiger partial charge is 0.496 e. The van der Waals surface area contributed by atoms with Crippen molar-refractivity contribution in [3.63, 3.8) is 0 Å². The number of methoxy groups -OCH3 is 1. The van der Waals surface area contributed by atoms with Crippen LogP contribution >= 0.6 is 12.2 Å². The van der Waals surface area contributed by atoms with E-state index in [-0.39, 0.29) is 0 Å². The summed E-state index contributed by atoms with van der Waals surface area (Å²) >= 11 is 5.38. The van der Waals surface area contributed by atoms with Crippen molar-refractivity contribution in [1.82, 2.24) is 14.5 Å². The molecular formula is C14H13N3OS. The van der Waals surface area contributed by atoms with Crippen molar-refractivity contribution >= 4 is 23.4 Å². The van der Waals surface area contributed by atoms with Gasteiger partial charge in [-0.1, -0.05) is 0 Å². The molecule has 3 aromatic rings. The predicted octanol–water partition coefficient (Wildman–Crippen LogP) is 3.40. The van der Waals surface area contributed by atoms with Crippen molar-refractivity contribution in [3.8, 4) is 11.4 Å². The van der Waals surface area contributed by atoms with Gasteiger partial charge in [0.2, 0.25) is 0 Å². The molecule has 4 nitrogen and oxygen atoms in total. The van der Waals surface area contributed by atoms with E-state index >= 15 is 0 Å². The maximum absolute atomic E-state index is 5.38. The minimum Gasteiger partial charge on any atom is -0.496 e. The second-order valence-electron chi connectivity index (χ2n) is 4.29. The van der Waals surface area contributed by atoms with E-state index in [1.807, 2.05) is 41.8 Å². The third-order valence-electron chi connectivity index (χ3n) is 3.08. The summed E-state index contributed by atoms with van der Waals surface area (Å²) in [4.78, 5) is 7.54. The number of rotatable bonds is 2. The molecular weight excluding hydrogens is 258 g/mol. The van der Waals surface area contributed by atoms with Crippen molar-refractivity contribution < 1.29 is 4.74 Å². The molecule has 0 bridgehead atoms. The Morgan fingerprint density at radius 1 is 1.32 bits per heavy atom. The molecule has 0 unspecified atom stereocenters. The van der Waals surface area contributed by atoms with Crippen LogP contribution in [0.15, 0.2) is 36.5 Å². The first-order valence-electron chi connectivity index (χ1n) is 5.91. The van der Waals surface area contributed by atoms with Crippen LogP contribution in [0.5, 0.6) is 5.75 Å². The zero-order chi connectivity index (χ0) is 13.4. The Balaban J connectivity index is 2.27. The number of imidazole rings is 1. The smallest absolute Gasteiger partial charge is 0.183 e. The number of aryl methyl sites for hydroxylation is 1. The van der Waals surface area contributed by atoms with Crippen LogP contribution in [0.1, 0.15) is 5.56 Å². The number of benzene rings is 1. The number of hydrogen-bond acceptors (Lipinski definition) is 3. The van der Waals surface area contributed by atoms with E-state index in [2.05, 4.69) is 9.97 Å². The average Bonchev–Trinajstić information content (AvgIpc) is 2.74. The summed E-state index contributed by atoms with van der Waals surface area (Å²) in [6.07, 6.45) is 1.76. The Bertz CT molecular complexity index is 804. The lowest BCUT2D eigenvalue weighted by Crippen LogP contribution is -1.97. The lowest BCUT2D eigenvalue weighted by Gasteiger charge is -2.08. The van der Waals surface area contributed by atoms with E-state index in [0.717, 1.165) is 28.2 Å². The molecule has 1 aromatic carbocycles. The summed E-state index contributed by atoms with van der Waals surface area (Å²) in [5.74, 6) is 0.864. The summed E-state index contributed by atoms with van der Waals surface area (Å²) in [7, 11) is 1.67. The zero-order valence-electron chi connectivity index (χ0n) is 10.7. The maximum Gasteiger partial charge on any atom is 0.183 e. The summed E-state index contributed by atoms with van der Waals surface area (Å²) in [5, 5.41) is 0. The molecule has 2 heterocycles. The van der Waals surface area contributed by atoms with Crippen LogP contribution < -0.4 is 4.74 Å². The number of ether oxygens (including phenoxy) is 1. The molecule has 0 aliphatic rings. The molecule has 1 N–H and O–H groups in total. The summed E-state index contributed by atoms with van der Waals surface area (Å²) in [6.45, 7) is 2.01. The Hall–Kier alpha value is -2.14. The van der Waals surface area contributed by atoms with Gasteiger partial charge in [-0.3, -0.25) is 4.57 Å². The monoisotopic (exact) mass is 271 g/mol. The summed E-state index contributed by atoms with van der Waals surface area (Å²) < 4.78 is 7.84. The highest BCUT2D eigenvalue weighted by molar-refractivity contribution is 7.71. The van der Waals surface area contributed by atoms with E-state index in [9.17, 15) is 0 Å². The standard InChI is InChI=1S/C14H13N3OS/c1-9-8-10(5-6-12(9)18-2)17-13-11(16-14(17)19)4-3-7-15-13/h3-8H,1-2H3,(H,16,19). The molecule has 96 valence electrons. The Morgan fingerprint density at radius 2 is 2.16 bits per heavy atom. The molecule has 19 heavy (non-hydrogen) atoms. The highest BCUT2D eigenvalue weighted by atomic mass is 32.1. The van der Waals surface area contributed by atoms with Crippen LogP contribution in [0.4, 0.5) is 0 Å². The second kappa shape index (κ2) is 4.51. The third-order valence-corrected chi connectivity index (χ3v) is 3.36. The molecule has 0 fully saturated rings. The lowest BCUT2D eigenvalue weighted by atomic mass is 10.2. The van der Waals surface area contributed by atoms with E-state index in [1.165, 1.54) is 0 Å². The molecule has 2 aromatic heterocycles. The SMILES string of the molecule is COc1ccc(-n2c(=S)[nH]c3cccnc32)cc1C. The van der Waals surface area contributed by atoms with Gasteiger partial charge in [0.15, 0.2) is 10.4 Å². The maximum atomic E-state index is 5.38. The molecule has 0 atom stereocenters. The number of nitrogens with zero attached hydrogens (tertiary/aromatic N) is 2. The molecule has 3 rings (SSSR count). The molecule has 0 aliphatic carbocycles. The van der Waals surface area contributed by atoms with Gasteiger partial charge in [-0.2, -0.15) is 0 Å². The van der Waals surface area contributed by atoms with Gasteiger partial charge >= 0.3 is 0 Å². The van der Waals surface area contributed by atoms with Crippen LogP contribution in [-0.4, -0.2) is 21.6 Å². The fourth-order valence-corrected chi connectivity index (χ4v) is 2.48. The van der Waals surface area contributed by atoms with Crippen LogP contribution in [0.2, 0.25) is 0 Å². The highest BCUT2D eigenvalue weighted by Gasteiger charge is 2.08. The molecule has 0 amide bonds. The molecule has 0 spiro atoms. The Morgan fingerprint density at radius 3 is 2.89 bits per heavy atom. The number of hydrogen-bond donors (Lipinski definition) is 1. The summed E-state index contributed by atoms with van der Waals surface area (Å²) in [6, 6.07) is 9.80. The number of pyridine rings is 1. The highest BCUT2D eigenvalue weighted by Crippen LogP contribution is 2.23. The van der Waals surface area contributed by atoms with E-state index in [4.69, 9.17) is 17.0 Å². The topological polar surface area (TPSA) is 42.8 Å². The number of aromatic nitrogens is 3.